The Morgan fingerprint density at radius 3 is 1.78 bits per heavy atom. The van der Waals surface area contributed by atoms with Gasteiger partial charge < -0.3 is 0 Å². The molecule has 0 bridgehead atoms. The van der Waals surface area contributed by atoms with Gasteiger partial charge in [-0.1, -0.05) is 28.2 Å². The topological polar surface area (TPSA) is 17.1 Å². The number of carbonyl (C=O) groups excluding carboxylic acids is 1. The maximum atomic E-state index is 10.2. The summed E-state index contributed by atoms with van der Waals surface area (Å²) >= 11 is 5.12. The molecule has 0 amide bonds. The second-order valence-corrected chi connectivity index (χ2v) is 3.51. The molecular weight excluding hydrogens is 136 g/mol. The molecule has 0 spiro atoms. The number of halogens is 1. The normalized spacial score (nSPS) is 10.2. The Kier molecular flexibility index (Phi) is 5.06. The summed E-state index contributed by atoms with van der Waals surface area (Å²) in [6.07, 6.45) is 0.453. The Labute approximate surface area is 62.4 Å². The summed E-state index contributed by atoms with van der Waals surface area (Å²) in [6.45, 7) is 5.94. The summed E-state index contributed by atoms with van der Waals surface area (Å²) in [5.41, 5.74) is 0.0405. The van der Waals surface area contributed by atoms with E-state index in [1.807, 2.05) is 20.8 Å². The average molecular weight is 151 g/mol. The van der Waals surface area contributed by atoms with Crippen LogP contribution in [-0.2, 0) is 4.79 Å². The van der Waals surface area contributed by atoms with Gasteiger partial charge in [-0.2, -0.15) is 0 Å². The Morgan fingerprint density at radius 1 is 1.44 bits per heavy atom. The second kappa shape index (κ2) is 3.89. The summed E-state index contributed by atoms with van der Waals surface area (Å²) in [5, 5.41) is -0.252. The molecular formula is C7H15ClO. The fraction of sp³-hybridized carbons (Fsp3) is 0.857. The fourth-order valence-electron chi connectivity index (χ4n) is 0.417. The van der Waals surface area contributed by atoms with Gasteiger partial charge in [0.1, 0.15) is 0 Å². The van der Waals surface area contributed by atoms with Crippen LogP contribution in [-0.4, -0.2) is 5.24 Å². The monoisotopic (exact) mass is 150 g/mol. The zero-order valence-corrected chi connectivity index (χ0v) is 6.25. The molecule has 0 fully saturated rings. The maximum Gasteiger partial charge on any atom is 0.222 e. The van der Waals surface area contributed by atoms with Gasteiger partial charge in [-0.15, -0.1) is 0 Å². The fourth-order valence-corrected chi connectivity index (χ4v) is 0.818. The van der Waals surface area contributed by atoms with Gasteiger partial charge in [-0.25, -0.2) is 0 Å². The van der Waals surface area contributed by atoms with Crippen molar-refractivity contribution in [3.8, 4) is 0 Å². The number of hydrogen-bond donors (Lipinski definition) is 0. The van der Waals surface area contributed by atoms with E-state index >= 15 is 0 Å². The van der Waals surface area contributed by atoms with Crippen LogP contribution in [0.5, 0.6) is 0 Å². The highest BCUT2D eigenvalue weighted by atomic mass is 35.5. The Bertz CT molecular complexity index is 91.6. The molecule has 9 heavy (non-hydrogen) atoms. The lowest BCUT2D eigenvalue weighted by molar-refractivity contribution is -0.113. The highest BCUT2D eigenvalue weighted by molar-refractivity contribution is 6.63. The minimum atomic E-state index is -0.252. The molecule has 0 saturated heterocycles. The third kappa shape index (κ3) is 11.5. The van der Waals surface area contributed by atoms with Crippen LogP contribution in [0.25, 0.3) is 0 Å². The molecule has 2 heteroatoms. The van der Waals surface area contributed by atoms with Crippen molar-refractivity contribution < 1.29 is 4.79 Å². The second-order valence-electron chi connectivity index (χ2n) is 3.09. The first-order valence-corrected chi connectivity index (χ1v) is 2.98. The van der Waals surface area contributed by atoms with Gasteiger partial charge in [-0.05, 0) is 17.0 Å². The van der Waals surface area contributed by atoms with Crippen LogP contribution in [0.2, 0.25) is 0 Å². The number of carbonyl (C=O) groups is 1. The van der Waals surface area contributed by atoms with Crippen molar-refractivity contribution in [1.29, 1.82) is 0 Å². The molecule has 0 aliphatic heterocycles. The van der Waals surface area contributed by atoms with Crippen LogP contribution < -0.4 is 0 Å². The molecule has 56 valence electrons. The summed E-state index contributed by atoms with van der Waals surface area (Å²) in [7, 11) is 0. The molecule has 0 aromatic heterocycles. The predicted molar refractivity (Wildman–Crippen MR) is 41.7 cm³/mol. The summed E-state index contributed by atoms with van der Waals surface area (Å²) in [6, 6.07) is 0. The van der Waals surface area contributed by atoms with Crippen molar-refractivity contribution in [3.63, 3.8) is 0 Å². The largest absolute Gasteiger partial charge is 0.281 e. The first kappa shape index (κ1) is 11.7. The molecule has 0 unspecified atom stereocenters. The molecule has 0 aliphatic carbocycles. The van der Waals surface area contributed by atoms with Crippen molar-refractivity contribution in [2.45, 2.75) is 34.6 Å². The van der Waals surface area contributed by atoms with Gasteiger partial charge in [0, 0.05) is 6.42 Å². The Balaban J connectivity index is 0. The lowest BCUT2D eigenvalue weighted by Gasteiger charge is -2.13. The molecule has 0 rings (SSSR count). The minimum absolute atomic E-state index is 0. The molecule has 0 heterocycles. The summed E-state index contributed by atoms with van der Waals surface area (Å²) in [4.78, 5) is 10.2. The van der Waals surface area contributed by atoms with Crippen LogP contribution in [0.15, 0.2) is 0 Å². The van der Waals surface area contributed by atoms with Crippen molar-refractivity contribution in [3.05, 3.63) is 0 Å². The highest BCUT2D eigenvalue weighted by Gasteiger charge is 2.13. The first-order chi connectivity index (χ1) is 3.42. The van der Waals surface area contributed by atoms with Gasteiger partial charge in [-0.3, -0.25) is 4.79 Å². The maximum absolute atomic E-state index is 10.2. The van der Waals surface area contributed by atoms with E-state index in [1.165, 1.54) is 0 Å². The SMILES string of the molecule is C.CC(C)(C)CC(=O)Cl. The lowest BCUT2D eigenvalue weighted by atomic mass is 9.93. The van der Waals surface area contributed by atoms with Gasteiger partial charge in [0.25, 0.3) is 0 Å². The van der Waals surface area contributed by atoms with Gasteiger partial charge in [0.15, 0.2) is 0 Å². The van der Waals surface area contributed by atoms with Gasteiger partial charge in [0.2, 0.25) is 5.24 Å². The van der Waals surface area contributed by atoms with Gasteiger partial charge in [0.05, 0.1) is 0 Å². The molecule has 0 aromatic rings. The van der Waals surface area contributed by atoms with E-state index in [0.29, 0.717) is 6.42 Å². The molecule has 0 aromatic carbocycles. The zero-order valence-electron chi connectivity index (χ0n) is 5.49. The van der Waals surface area contributed by atoms with Crippen LogP contribution >= 0.6 is 11.6 Å². The average Bonchev–Trinajstić information content (AvgIpc) is 1.21. The highest BCUT2D eigenvalue weighted by Crippen LogP contribution is 2.19. The van der Waals surface area contributed by atoms with Crippen LogP contribution in [0.4, 0.5) is 0 Å². The number of rotatable bonds is 1. The molecule has 0 saturated carbocycles. The van der Waals surface area contributed by atoms with Crippen molar-refractivity contribution in [2.75, 3.05) is 0 Å². The van der Waals surface area contributed by atoms with E-state index in [4.69, 9.17) is 11.6 Å². The molecule has 0 radical (unpaired) electrons. The van der Waals surface area contributed by atoms with E-state index in [2.05, 4.69) is 0 Å². The Morgan fingerprint density at radius 2 is 1.78 bits per heavy atom. The van der Waals surface area contributed by atoms with E-state index in [-0.39, 0.29) is 18.1 Å². The molecule has 0 N–H and O–H groups in total. The third-order valence-electron chi connectivity index (χ3n) is 0.669. The van der Waals surface area contributed by atoms with Crippen LogP contribution in [0, 0.1) is 5.41 Å². The molecule has 0 atom stereocenters. The van der Waals surface area contributed by atoms with Crippen molar-refractivity contribution in [2.24, 2.45) is 5.41 Å². The first-order valence-electron chi connectivity index (χ1n) is 2.60. The predicted octanol–water partition coefficient (Wildman–Crippen LogP) is 2.82. The van der Waals surface area contributed by atoms with Crippen molar-refractivity contribution in [1.82, 2.24) is 0 Å². The van der Waals surface area contributed by atoms with E-state index in [0.717, 1.165) is 0 Å². The van der Waals surface area contributed by atoms with E-state index in [9.17, 15) is 4.79 Å². The quantitative estimate of drug-likeness (QED) is 0.526. The third-order valence-corrected chi connectivity index (χ3v) is 0.803. The number of hydrogen-bond acceptors (Lipinski definition) is 1. The summed E-state index contributed by atoms with van der Waals surface area (Å²) in [5.74, 6) is 0. The zero-order chi connectivity index (χ0) is 6.78. The molecule has 1 nitrogen and oxygen atoms in total. The van der Waals surface area contributed by atoms with Crippen LogP contribution in [0.1, 0.15) is 34.6 Å². The molecule has 0 aliphatic rings. The Hall–Kier alpha value is -0.0400. The minimum Gasteiger partial charge on any atom is -0.281 e. The van der Waals surface area contributed by atoms with Crippen molar-refractivity contribution >= 4 is 16.8 Å². The van der Waals surface area contributed by atoms with Gasteiger partial charge >= 0.3 is 0 Å². The standard InChI is InChI=1S/C6H11ClO.CH4/c1-6(2,3)4-5(7)8;/h4H2,1-3H3;1H4. The smallest absolute Gasteiger partial charge is 0.222 e. The summed E-state index contributed by atoms with van der Waals surface area (Å²) < 4.78 is 0. The lowest BCUT2D eigenvalue weighted by Crippen LogP contribution is -2.08. The van der Waals surface area contributed by atoms with E-state index in [1.54, 1.807) is 0 Å². The van der Waals surface area contributed by atoms with E-state index < -0.39 is 0 Å². The van der Waals surface area contributed by atoms with Crippen LogP contribution in [0.3, 0.4) is 0 Å².